The van der Waals surface area contributed by atoms with E-state index < -0.39 is 0 Å². The van der Waals surface area contributed by atoms with Gasteiger partial charge in [-0.3, -0.25) is 0 Å². The van der Waals surface area contributed by atoms with E-state index in [0.717, 1.165) is 45.5 Å². The molecule has 7 nitrogen and oxygen atoms in total. The van der Waals surface area contributed by atoms with Gasteiger partial charge in [-0.25, -0.2) is 4.68 Å². The molecule has 1 aromatic heterocycles. The van der Waals surface area contributed by atoms with Crippen LogP contribution in [0.15, 0.2) is 21.8 Å². The molecule has 0 N–H and O–H groups in total. The number of hydrogen-bond donors (Lipinski definition) is 0. The SMILES string of the molecule is CN(C)CCn1nnnc1SCc1cc2c(cc1Br)OCCO2. The molecule has 23 heavy (non-hydrogen) atoms. The van der Waals surface area contributed by atoms with Gasteiger partial charge in [-0.05, 0) is 42.2 Å². The maximum absolute atomic E-state index is 5.64. The van der Waals surface area contributed by atoms with Crippen LogP contribution < -0.4 is 9.47 Å². The zero-order chi connectivity index (χ0) is 16.2. The van der Waals surface area contributed by atoms with Crippen LogP contribution in [-0.4, -0.2) is 59.0 Å². The van der Waals surface area contributed by atoms with Crippen LogP contribution >= 0.6 is 27.7 Å². The molecule has 1 aliphatic heterocycles. The number of fused-ring (bicyclic) bond motifs is 1. The van der Waals surface area contributed by atoms with E-state index in [1.54, 1.807) is 11.8 Å². The van der Waals surface area contributed by atoms with Crippen LogP contribution in [0.5, 0.6) is 11.5 Å². The van der Waals surface area contributed by atoms with Crippen molar-refractivity contribution >= 4 is 27.7 Å². The third-order valence-electron chi connectivity index (χ3n) is 3.33. The van der Waals surface area contributed by atoms with Gasteiger partial charge in [0.2, 0.25) is 5.16 Å². The molecule has 2 heterocycles. The quantitative estimate of drug-likeness (QED) is 0.688. The number of aromatic nitrogens is 4. The molecule has 0 bridgehead atoms. The Bertz CT molecular complexity index is 679. The van der Waals surface area contributed by atoms with Gasteiger partial charge in [0.25, 0.3) is 0 Å². The van der Waals surface area contributed by atoms with E-state index in [9.17, 15) is 0 Å². The highest BCUT2D eigenvalue weighted by molar-refractivity contribution is 9.10. The monoisotopic (exact) mass is 399 g/mol. The first kappa shape index (κ1) is 16.5. The van der Waals surface area contributed by atoms with Gasteiger partial charge >= 0.3 is 0 Å². The first-order valence-electron chi connectivity index (χ1n) is 7.25. The summed E-state index contributed by atoms with van der Waals surface area (Å²) in [6, 6.07) is 3.97. The molecule has 0 atom stereocenters. The molecule has 0 unspecified atom stereocenters. The zero-order valence-corrected chi connectivity index (χ0v) is 15.4. The lowest BCUT2D eigenvalue weighted by molar-refractivity contribution is 0.171. The summed E-state index contributed by atoms with van der Waals surface area (Å²) >= 11 is 5.20. The lowest BCUT2D eigenvalue weighted by atomic mass is 10.2. The Balaban J connectivity index is 1.68. The first-order valence-corrected chi connectivity index (χ1v) is 9.03. The van der Waals surface area contributed by atoms with Gasteiger partial charge in [0.1, 0.15) is 13.2 Å². The van der Waals surface area contributed by atoms with Crippen molar-refractivity contribution < 1.29 is 9.47 Å². The third-order valence-corrected chi connectivity index (χ3v) is 5.07. The van der Waals surface area contributed by atoms with E-state index in [-0.39, 0.29) is 0 Å². The Morgan fingerprint density at radius 3 is 2.74 bits per heavy atom. The van der Waals surface area contributed by atoms with Gasteiger partial charge in [0.15, 0.2) is 11.5 Å². The fourth-order valence-electron chi connectivity index (χ4n) is 2.09. The molecule has 3 rings (SSSR count). The van der Waals surface area contributed by atoms with Gasteiger partial charge in [-0.1, -0.05) is 27.7 Å². The summed E-state index contributed by atoms with van der Waals surface area (Å²) in [5.74, 6) is 2.33. The summed E-state index contributed by atoms with van der Waals surface area (Å²) < 4.78 is 14.1. The zero-order valence-electron chi connectivity index (χ0n) is 13.0. The van der Waals surface area contributed by atoms with Crippen molar-refractivity contribution in [3.63, 3.8) is 0 Å². The highest BCUT2D eigenvalue weighted by atomic mass is 79.9. The van der Waals surface area contributed by atoms with E-state index >= 15 is 0 Å². The molecule has 0 aliphatic carbocycles. The van der Waals surface area contributed by atoms with Crippen molar-refractivity contribution in [2.24, 2.45) is 0 Å². The van der Waals surface area contributed by atoms with Crippen molar-refractivity contribution in [1.82, 2.24) is 25.1 Å². The molecule has 1 aromatic carbocycles. The number of likely N-dealkylation sites (N-methyl/N-ethyl adjacent to an activating group) is 1. The van der Waals surface area contributed by atoms with Crippen molar-refractivity contribution in [3.8, 4) is 11.5 Å². The van der Waals surface area contributed by atoms with Crippen LogP contribution in [0, 0.1) is 0 Å². The van der Waals surface area contributed by atoms with Crippen molar-refractivity contribution in [3.05, 3.63) is 22.2 Å². The van der Waals surface area contributed by atoms with Crippen LogP contribution in [0.2, 0.25) is 0 Å². The van der Waals surface area contributed by atoms with E-state index in [2.05, 4.69) is 36.4 Å². The van der Waals surface area contributed by atoms with Gasteiger partial charge < -0.3 is 14.4 Å². The summed E-state index contributed by atoms with van der Waals surface area (Å²) in [5.41, 5.74) is 1.13. The molecule has 2 aromatic rings. The largest absolute Gasteiger partial charge is 0.486 e. The van der Waals surface area contributed by atoms with Gasteiger partial charge in [0, 0.05) is 16.8 Å². The number of nitrogens with zero attached hydrogens (tertiary/aromatic N) is 5. The minimum Gasteiger partial charge on any atom is -0.486 e. The lowest BCUT2D eigenvalue weighted by Gasteiger charge is -2.19. The normalized spacial score (nSPS) is 13.6. The number of benzene rings is 1. The van der Waals surface area contributed by atoms with Gasteiger partial charge in [-0.15, -0.1) is 5.10 Å². The average Bonchev–Trinajstić information content (AvgIpc) is 2.98. The Labute approximate surface area is 147 Å². The predicted octanol–water partition coefficient (Wildman–Crippen LogP) is 2.06. The molecular weight excluding hydrogens is 382 g/mol. The van der Waals surface area contributed by atoms with Crippen molar-refractivity contribution in [1.29, 1.82) is 0 Å². The Morgan fingerprint density at radius 1 is 1.26 bits per heavy atom. The maximum atomic E-state index is 5.64. The summed E-state index contributed by atoms with van der Waals surface area (Å²) in [6.07, 6.45) is 0. The topological polar surface area (TPSA) is 65.3 Å². The third kappa shape index (κ3) is 4.15. The number of ether oxygens (including phenoxy) is 2. The summed E-state index contributed by atoms with van der Waals surface area (Å²) in [7, 11) is 4.06. The minimum atomic E-state index is 0.587. The molecule has 124 valence electrons. The lowest BCUT2D eigenvalue weighted by Crippen LogP contribution is -2.19. The van der Waals surface area contributed by atoms with Crippen molar-refractivity contribution in [2.45, 2.75) is 17.5 Å². The van der Waals surface area contributed by atoms with Crippen LogP contribution in [0.25, 0.3) is 0 Å². The van der Waals surface area contributed by atoms with Crippen LogP contribution in [0.4, 0.5) is 0 Å². The first-order chi connectivity index (χ1) is 11.1. The number of rotatable bonds is 6. The summed E-state index contributed by atoms with van der Waals surface area (Å²) in [6.45, 7) is 2.84. The summed E-state index contributed by atoms with van der Waals surface area (Å²) in [4.78, 5) is 2.10. The Hall–Kier alpha value is -1.32. The molecule has 0 saturated heterocycles. The molecule has 9 heteroatoms. The number of hydrogen-bond acceptors (Lipinski definition) is 7. The second kappa shape index (κ2) is 7.50. The van der Waals surface area contributed by atoms with E-state index in [4.69, 9.17) is 9.47 Å². The molecule has 1 aliphatic rings. The Kier molecular flexibility index (Phi) is 5.39. The van der Waals surface area contributed by atoms with Gasteiger partial charge in [-0.2, -0.15) is 0 Å². The van der Waals surface area contributed by atoms with E-state index in [1.807, 2.05) is 30.9 Å². The molecular formula is C14H18BrN5O2S. The van der Waals surface area contributed by atoms with E-state index in [0.29, 0.717) is 13.2 Å². The second-order valence-electron chi connectivity index (χ2n) is 5.36. The van der Waals surface area contributed by atoms with Crippen LogP contribution in [0.3, 0.4) is 0 Å². The number of tetrazole rings is 1. The fraction of sp³-hybridized carbons (Fsp3) is 0.500. The number of halogens is 1. The van der Waals surface area contributed by atoms with Crippen LogP contribution in [0.1, 0.15) is 5.56 Å². The fourth-order valence-corrected chi connectivity index (χ4v) is 3.64. The van der Waals surface area contributed by atoms with Gasteiger partial charge in [0.05, 0.1) is 6.54 Å². The second-order valence-corrected chi connectivity index (χ2v) is 7.16. The molecule has 0 fully saturated rings. The molecule has 0 amide bonds. The number of thioether (sulfide) groups is 1. The Morgan fingerprint density at radius 2 is 2.00 bits per heavy atom. The standard InChI is InChI=1S/C14H18BrN5O2S/c1-19(2)3-4-20-14(16-17-18-20)23-9-10-7-12-13(8-11(10)15)22-6-5-21-12/h7-8H,3-6,9H2,1-2H3. The van der Waals surface area contributed by atoms with Crippen molar-refractivity contribution in [2.75, 3.05) is 33.9 Å². The minimum absolute atomic E-state index is 0.587. The highest BCUT2D eigenvalue weighted by Gasteiger charge is 2.16. The molecule has 0 spiro atoms. The van der Waals surface area contributed by atoms with Crippen LogP contribution in [-0.2, 0) is 12.3 Å². The smallest absolute Gasteiger partial charge is 0.209 e. The highest BCUT2D eigenvalue weighted by Crippen LogP contribution is 2.37. The molecule has 0 saturated carbocycles. The summed E-state index contributed by atoms with van der Waals surface area (Å²) in [5, 5.41) is 12.7. The average molecular weight is 400 g/mol. The maximum Gasteiger partial charge on any atom is 0.209 e. The molecule has 0 radical (unpaired) electrons. The van der Waals surface area contributed by atoms with E-state index in [1.165, 1.54) is 0 Å². The predicted molar refractivity (Wildman–Crippen MR) is 91.1 cm³/mol.